The number of nitrogens with zero attached hydrogens (tertiary/aromatic N) is 5. The van der Waals surface area contributed by atoms with Crippen LogP contribution in [-0.4, -0.2) is 48.6 Å². The van der Waals surface area contributed by atoms with Crippen molar-refractivity contribution >= 4 is 35.0 Å². The molecule has 3 rings (SSSR count). The van der Waals surface area contributed by atoms with Gasteiger partial charge in [-0.1, -0.05) is 35.5 Å². The van der Waals surface area contributed by atoms with Crippen LogP contribution in [0.5, 0.6) is 0 Å². The number of methoxy groups -OCH3 is 1. The van der Waals surface area contributed by atoms with E-state index in [4.69, 9.17) is 22.1 Å². The summed E-state index contributed by atoms with van der Waals surface area (Å²) in [6.07, 6.45) is 0.691. The summed E-state index contributed by atoms with van der Waals surface area (Å²) < 4.78 is 8.98. The fourth-order valence-corrected chi connectivity index (χ4v) is 4.45. The number of hydrogen-bond acceptors (Lipinski definition) is 8. The van der Waals surface area contributed by atoms with Crippen LogP contribution in [0.2, 0.25) is 5.02 Å². The van der Waals surface area contributed by atoms with E-state index in [9.17, 15) is 14.4 Å². The highest BCUT2D eigenvalue weighted by Gasteiger charge is 2.27. The third-order valence-corrected chi connectivity index (χ3v) is 6.58. The number of thioether (sulfide) groups is 1. The molecule has 0 aliphatic carbocycles. The number of Topliss-reactive ketones (excluding diaryl/α,β-unsaturated/α-hetero) is 1. The van der Waals surface area contributed by atoms with Crippen LogP contribution in [0.15, 0.2) is 39.0 Å². The molecule has 0 saturated heterocycles. The quantitative estimate of drug-likeness (QED) is 0.273. The first-order valence-corrected chi connectivity index (χ1v) is 11.4. The highest BCUT2D eigenvalue weighted by Crippen LogP contribution is 2.31. The molecule has 0 saturated carbocycles. The molecule has 2 aromatic heterocycles. The average Bonchev–Trinajstić information content (AvgIpc) is 3.18. The smallest absolute Gasteiger partial charge is 0.332 e. The Morgan fingerprint density at radius 1 is 1.21 bits per heavy atom. The third kappa shape index (κ3) is 4.90. The van der Waals surface area contributed by atoms with Crippen LogP contribution in [0.4, 0.5) is 5.82 Å². The number of ketones is 1. The van der Waals surface area contributed by atoms with Crippen LogP contribution in [-0.2, 0) is 25.4 Å². The molecule has 1 aromatic carbocycles. The Morgan fingerprint density at radius 2 is 1.91 bits per heavy atom. The van der Waals surface area contributed by atoms with Gasteiger partial charge in [0.1, 0.15) is 11.4 Å². The maximum Gasteiger partial charge on any atom is 0.332 e. The molecule has 176 valence electrons. The molecule has 0 amide bonds. The number of carbonyl (C=O) groups is 1. The number of benzene rings is 1. The summed E-state index contributed by atoms with van der Waals surface area (Å²) in [5.74, 6) is -0.102. The normalized spacial score (nSPS) is 12.2. The van der Waals surface area contributed by atoms with Gasteiger partial charge in [0.05, 0.1) is 10.3 Å². The van der Waals surface area contributed by atoms with Gasteiger partial charge in [0.15, 0.2) is 16.8 Å². The predicted molar refractivity (Wildman–Crippen MR) is 128 cm³/mol. The number of halogens is 1. The van der Waals surface area contributed by atoms with E-state index in [0.717, 1.165) is 20.9 Å². The molecular weight excluding hydrogens is 468 g/mol. The van der Waals surface area contributed by atoms with Crippen molar-refractivity contribution in [3.63, 3.8) is 0 Å². The first kappa shape index (κ1) is 24.7. The SMILES string of the molecule is COCCCn1c(SC(C)C(=O)c2c(N)n(C)c(=O)n(C)c2=O)nnc1-c1ccccc1Cl. The molecule has 0 radical (unpaired) electrons. The van der Waals surface area contributed by atoms with E-state index in [-0.39, 0.29) is 11.4 Å². The van der Waals surface area contributed by atoms with Crippen molar-refractivity contribution in [2.24, 2.45) is 14.1 Å². The maximum absolute atomic E-state index is 13.2. The zero-order chi connectivity index (χ0) is 24.3. The molecule has 0 aliphatic heterocycles. The van der Waals surface area contributed by atoms with Crippen LogP contribution in [0.3, 0.4) is 0 Å². The number of carbonyl (C=O) groups excluding carboxylic acids is 1. The van der Waals surface area contributed by atoms with Gasteiger partial charge in [-0.2, -0.15) is 0 Å². The monoisotopic (exact) mass is 492 g/mol. The van der Waals surface area contributed by atoms with Crippen molar-refractivity contribution in [1.82, 2.24) is 23.9 Å². The molecule has 12 heteroatoms. The highest BCUT2D eigenvalue weighted by atomic mass is 35.5. The first-order chi connectivity index (χ1) is 15.7. The molecule has 2 N–H and O–H groups in total. The van der Waals surface area contributed by atoms with Gasteiger partial charge in [-0.15, -0.1) is 10.2 Å². The maximum atomic E-state index is 13.2. The van der Waals surface area contributed by atoms with Crippen molar-refractivity contribution < 1.29 is 9.53 Å². The van der Waals surface area contributed by atoms with Crippen LogP contribution < -0.4 is 17.0 Å². The lowest BCUT2D eigenvalue weighted by Crippen LogP contribution is -2.42. The van der Waals surface area contributed by atoms with Gasteiger partial charge in [-0.25, -0.2) is 4.79 Å². The average molecular weight is 493 g/mol. The molecule has 33 heavy (non-hydrogen) atoms. The lowest BCUT2D eigenvalue weighted by atomic mass is 10.1. The van der Waals surface area contributed by atoms with Crippen molar-refractivity contribution in [3.8, 4) is 11.4 Å². The van der Waals surface area contributed by atoms with Gasteiger partial charge in [0.25, 0.3) is 5.56 Å². The summed E-state index contributed by atoms with van der Waals surface area (Å²) in [6, 6.07) is 7.29. The van der Waals surface area contributed by atoms with E-state index in [2.05, 4.69) is 10.2 Å². The van der Waals surface area contributed by atoms with Crippen molar-refractivity contribution in [3.05, 3.63) is 55.7 Å². The summed E-state index contributed by atoms with van der Waals surface area (Å²) in [7, 11) is 4.34. The zero-order valence-electron chi connectivity index (χ0n) is 18.7. The Balaban J connectivity index is 1.98. The number of nitrogens with two attached hydrogens (primary N) is 1. The minimum atomic E-state index is -0.730. The standard InChI is InChI=1S/C21H25ClN6O4S/c1-12(16(29)15-17(23)26(2)21(31)27(3)19(15)30)33-20-25-24-18(28(20)10-7-11-32-4)13-8-5-6-9-14(13)22/h5-6,8-9,12H,7,10-11,23H2,1-4H3. The molecule has 0 spiro atoms. The van der Waals surface area contributed by atoms with Gasteiger partial charge in [-0.05, 0) is 25.5 Å². The van der Waals surface area contributed by atoms with E-state index in [1.54, 1.807) is 20.1 Å². The number of rotatable bonds is 9. The van der Waals surface area contributed by atoms with Crippen LogP contribution in [0, 0.1) is 0 Å². The second kappa shape index (κ2) is 10.4. The Hall–Kier alpha value is -2.89. The molecular formula is C21H25ClN6O4S. The Morgan fingerprint density at radius 3 is 2.58 bits per heavy atom. The number of ether oxygens (including phenoxy) is 1. The molecule has 0 fully saturated rings. The van der Waals surface area contributed by atoms with E-state index < -0.39 is 22.3 Å². The van der Waals surface area contributed by atoms with Crippen LogP contribution in [0.25, 0.3) is 11.4 Å². The van der Waals surface area contributed by atoms with Gasteiger partial charge < -0.3 is 15.0 Å². The zero-order valence-corrected chi connectivity index (χ0v) is 20.3. The number of hydrogen-bond donors (Lipinski definition) is 1. The third-order valence-electron chi connectivity index (χ3n) is 5.17. The van der Waals surface area contributed by atoms with Gasteiger partial charge in [-0.3, -0.25) is 18.7 Å². The molecule has 1 unspecified atom stereocenters. The molecule has 10 nitrogen and oxygen atoms in total. The molecule has 1 atom stereocenters. The number of anilines is 1. The van der Waals surface area contributed by atoms with Gasteiger partial charge in [0, 0.05) is 39.9 Å². The summed E-state index contributed by atoms with van der Waals surface area (Å²) in [5, 5.41) is 8.88. The fourth-order valence-electron chi connectivity index (χ4n) is 3.29. The molecule has 0 aliphatic rings. The van der Waals surface area contributed by atoms with E-state index in [1.807, 2.05) is 22.8 Å². The van der Waals surface area contributed by atoms with Crippen molar-refractivity contribution in [2.75, 3.05) is 19.5 Å². The molecule has 0 bridgehead atoms. The second-order valence-electron chi connectivity index (χ2n) is 7.37. The molecule has 2 heterocycles. The number of aromatic nitrogens is 5. The topological polar surface area (TPSA) is 127 Å². The lowest BCUT2D eigenvalue weighted by Gasteiger charge is -2.15. The minimum absolute atomic E-state index is 0.168. The Kier molecular flexibility index (Phi) is 7.77. The van der Waals surface area contributed by atoms with E-state index >= 15 is 0 Å². The summed E-state index contributed by atoms with van der Waals surface area (Å²) in [6.45, 7) is 2.72. The molecule has 3 aromatic rings. The van der Waals surface area contributed by atoms with Crippen molar-refractivity contribution in [1.29, 1.82) is 0 Å². The summed E-state index contributed by atoms with van der Waals surface area (Å²) >= 11 is 7.52. The van der Waals surface area contributed by atoms with E-state index in [1.165, 1.54) is 14.1 Å². The van der Waals surface area contributed by atoms with Crippen LogP contribution >= 0.6 is 23.4 Å². The lowest BCUT2D eigenvalue weighted by molar-refractivity contribution is 0.0992. The summed E-state index contributed by atoms with van der Waals surface area (Å²) in [5.41, 5.74) is 5.11. The van der Waals surface area contributed by atoms with Crippen LogP contribution in [0.1, 0.15) is 23.7 Å². The largest absolute Gasteiger partial charge is 0.385 e. The second-order valence-corrected chi connectivity index (χ2v) is 9.09. The van der Waals surface area contributed by atoms with Gasteiger partial charge in [0.2, 0.25) is 0 Å². The Labute approximate surface area is 199 Å². The fraction of sp³-hybridized carbons (Fsp3) is 0.381. The van der Waals surface area contributed by atoms with Crippen molar-refractivity contribution in [2.45, 2.75) is 30.3 Å². The highest BCUT2D eigenvalue weighted by molar-refractivity contribution is 8.00. The Bertz CT molecular complexity index is 1300. The van der Waals surface area contributed by atoms with Gasteiger partial charge >= 0.3 is 5.69 Å². The first-order valence-electron chi connectivity index (χ1n) is 10.1. The summed E-state index contributed by atoms with van der Waals surface area (Å²) in [4.78, 5) is 37.9. The predicted octanol–water partition coefficient (Wildman–Crippen LogP) is 1.98. The minimum Gasteiger partial charge on any atom is -0.385 e. The number of nitrogen functional groups attached to an aromatic ring is 1. The van der Waals surface area contributed by atoms with E-state index in [0.29, 0.717) is 41.1 Å².